The molecule has 1 aliphatic heterocycles. The summed E-state index contributed by atoms with van der Waals surface area (Å²) in [6.45, 7) is 0.439. The highest BCUT2D eigenvalue weighted by atomic mass is 32.1. The van der Waals surface area contributed by atoms with Gasteiger partial charge in [0.05, 0.1) is 29.3 Å². The number of non-ortho nitro benzene ring substituents is 1. The van der Waals surface area contributed by atoms with Crippen molar-refractivity contribution in [2.75, 3.05) is 19.1 Å². The second-order valence-corrected chi connectivity index (χ2v) is 9.68. The van der Waals surface area contributed by atoms with Crippen molar-refractivity contribution in [3.63, 3.8) is 0 Å². The van der Waals surface area contributed by atoms with Crippen molar-refractivity contribution < 1.29 is 28.7 Å². The Balaban J connectivity index is 1.33. The van der Waals surface area contributed by atoms with Gasteiger partial charge in [0.25, 0.3) is 5.69 Å². The Hall–Kier alpha value is -4.58. The second kappa shape index (κ2) is 13.5. The van der Waals surface area contributed by atoms with E-state index < -0.39 is 17.0 Å². The lowest BCUT2D eigenvalue weighted by Crippen LogP contribution is -2.37. The molecule has 1 fully saturated rings. The smallest absolute Gasteiger partial charge is 0.410 e. The number of nitro groups is 1. The number of amides is 1. The van der Waals surface area contributed by atoms with Gasteiger partial charge in [-0.2, -0.15) is 17.7 Å². The van der Waals surface area contributed by atoms with Crippen molar-refractivity contribution in [3.05, 3.63) is 99.6 Å². The van der Waals surface area contributed by atoms with Gasteiger partial charge < -0.3 is 14.2 Å². The highest BCUT2D eigenvalue weighted by molar-refractivity contribution is 7.81. The number of benzene rings is 3. The van der Waals surface area contributed by atoms with Crippen molar-refractivity contribution in [1.82, 2.24) is 4.90 Å². The van der Waals surface area contributed by atoms with E-state index in [1.165, 1.54) is 17.0 Å². The molecular formula is C28H28N4O7S. The number of esters is 1. The Labute approximate surface area is 236 Å². The number of rotatable bonds is 10. The first kappa shape index (κ1) is 28.4. The quantitative estimate of drug-likeness (QED) is 0.115. The molecule has 40 heavy (non-hydrogen) atoms. The van der Waals surface area contributed by atoms with E-state index >= 15 is 0 Å². The zero-order valence-corrected chi connectivity index (χ0v) is 22.5. The van der Waals surface area contributed by atoms with Crippen LogP contribution in [0.5, 0.6) is 5.75 Å². The first-order valence-corrected chi connectivity index (χ1v) is 12.9. The number of carbonyl (C=O) groups excluding carboxylic acids is 2. The molecule has 1 N–H and O–H groups in total. The normalized spacial score (nSPS) is 16.5. The number of hydrogen-bond donors (Lipinski definition) is 2. The number of nitro benzene ring substituents is 1. The maximum Gasteiger partial charge on any atom is 0.410 e. The average Bonchev–Trinajstić information content (AvgIpc) is 3.35. The lowest BCUT2D eigenvalue weighted by molar-refractivity contribution is -0.384. The zero-order chi connectivity index (χ0) is 28.5. The molecule has 0 spiro atoms. The van der Waals surface area contributed by atoms with Crippen molar-refractivity contribution in [3.8, 4) is 5.75 Å². The number of thiol groups is 1. The van der Waals surface area contributed by atoms with E-state index in [-0.39, 0.29) is 30.2 Å². The monoisotopic (exact) mass is 564 g/mol. The van der Waals surface area contributed by atoms with Crippen LogP contribution in [-0.2, 0) is 22.7 Å². The zero-order valence-electron chi connectivity index (χ0n) is 21.6. The number of hydrazone groups is 1. The number of anilines is 1. The maximum absolute atomic E-state index is 12.8. The second-order valence-electron chi connectivity index (χ2n) is 8.95. The molecule has 3 aromatic carbocycles. The summed E-state index contributed by atoms with van der Waals surface area (Å²) in [5, 5.41) is 15.0. The van der Waals surface area contributed by atoms with Crippen molar-refractivity contribution in [2.24, 2.45) is 5.10 Å². The third-order valence-electron chi connectivity index (χ3n) is 6.17. The van der Waals surface area contributed by atoms with Gasteiger partial charge in [-0.25, -0.2) is 9.59 Å². The van der Waals surface area contributed by atoms with Gasteiger partial charge in [-0.1, -0.05) is 24.3 Å². The van der Waals surface area contributed by atoms with Crippen LogP contribution in [0.3, 0.4) is 0 Å². The van der Waals surface area contributed by atoms with Crippen LogP contribution in [0.4, 0.5) is 16.2 Å². The number of para-hydroxylation sites is 1. The maximum atomic E-state index is 12.8. The fourth-order valence-corrected chi connectivity index (χ4v) is 4.43. The predicted molar refractivity (Wildman–Crippen MR) is 152 cm³/mol. The van der Waals surface area contributed by atoms with Gasteiger partial charge in [0.1, 0.15) is 19.0 Å². The fourth-order valence-electron chi connectivity index (χ4n) is 4.04. The Morgan fingerprint density at radius 1 is 1.05 bits per heavy atom. The van der Waals surface area contributed by atoms with Gasteiger partial charge in [0.2, 0.25) is 0 Å². The molecule has 0 radical (unpaired) electrons. The molecule has 2 atom stereocenters. The minimum Gasteiger partial charge on any atom is -0.497 e. The van der Waals surface area contributed by atoms with E-state index in [0.29, 0.717) is 35.5 Å². The van der Waals surface area contributed by atoms with E-state index in [9.17, 15) is 19.7 Å². The summed E-state index contributed by atoms with van der Waals surface area (Å²) >= 11 is 4.51. The number of carbonyl (C=O) groups is 2. The first-order valence-electron chi connectivity index (χ1n) is 12.4. The van der Waals surface area contributed by atoms with Gasteiger partial charge in [-0.15, -0.1) is 0 Å². The molecule has 1 amide bonds. The van der Waals surface area contributed by atoms with Gasteiger partial charge in [0, 0.05) is 30.1 Å². The molecular weight excluding hydrogens is 536 g/mol. The van der Waals surface area contributed by atoms with Crippen LogP contribution in [0, 0.1) is 10.1 Å². The Morgan fingerprint density at radius 2 is 1.70 bits per heavy atom. The van der Waals surface area contributed by atoms with Gasteiger partial charge in [-0.3, -0.25) is 20.4 Å². The van der Waals surface area contributed by atoms with Crippen LogP contribution in [-0.4, -0.2) is 53.0 Å². The molecule has 4 rings (SSSR count). The minimum atomic E-state index is -0.547. The van der Waals surface area contributed by atoms with Crippen molar-refractivity contribution in [2.45, 2.75) is 30.9 Å². The number of methoxy groups -OCH3 is 1. The Morgan fingerprint density at radius 3 is 2.38 bits per heavy atom. The van der Waals surface area contributed by atoms with E-state index in [4.69, 9.17) is 14.2 Å². The molecule has 12 heteroatoms. The fraction of sp³-hybridized carbons (Fsp3) is 0.250. The summed E-state index contributed by atoms with van der Waals surface area (Å²) in [6.07, 6.45) is 1.59. The minimum absolute atomic E-state index is 0.0291. The molecule has 1 aliphatic rings. The van der Waals surface area contributed by atoms with Crippen LogP contribution in [0.15, 0.2) is 77.9 Å². The molecule has 1 heterocycles. The number of likely N-dealkylation sites (tertiary alicyclic amines) is 1. The van der Waals surface area contributed by atoms with E-state index in [0.717, 1.165) is 5.56 Å². The number of nitrogens with one attached hydrogen (secondary N) is 1. The number of nitrogens with zero attached hydrogens (tertiary/aromatic N) is 3. The van der Waals surface area contributed by atoms with Gasteiger partial charge in [-0.05, 0) is 53.9 Å². The highest BCUT2D eigenvalue weighted by Gasteiger charge is 2.33. The van der Waals surface area contributed by atoms with Gasteiger partial charge >= 0.3 is 12.1 Å². The Bertz CT molecular complexity index is 1370. The number of hydrogen-bond acceptors (Lipinski definition) is 10. The largest absolute Gasteiger partial charge is 0.497 e. The summed E-state index contributed by atoms with van der Waals surface area (Å²) < 4.78 is 16.0. The first-order chi connectivity index (χ1) is 19.3. The third-order valence-corrected chi connectivity index (χ3v) is 6.55. The summed E-state index contributed by atoms with van der Waals surface area (Å²) in [7, 11) is 1.58. The van der Waals surface area contributed by atoms with Crippen LogP contribution < -0.4 is 10.2 Å². The standard InChI is InChI=1S/C28H28N4O7S/c1-37-23-12-8-20(9-13-23)17-38-27(33)25-4-2-3-5-26(25)30-29-15-22-14-24(40)16-31(22)28(34)39-18-19-6-10-21(11-7-19)32(35)36/h2-13,15,22,24,30,40H,14,16-18H2,1H3/t22-,24-/m0/s1. The molecule has 11 nitrogen and oxygen atoms in total. The molecule has 0 bridgehead atoms. The van der Waals surface area contributed by atoms with E-state index in [2.05, 4.69) is 23.2 Å². The highest BCUT2D eigenvalue weighted by Crippen LogP contribution is 2.23. The van der Waals surface area contributed by atoms with Crippen LogP contribution in [0.2, 0.25) is 0 Å². The van der Waals surface area contributed by atoms with Crippen LogP contribution in [0.1, 0.15) is 27.9 Å². The SMILES string of the molecule is COc1ccc(COC(=O)c2ccccc2NN=C[C@@H]2C[C@H](S)CN2C(=O)OCc2ccc([N+](=O)[O-])cc2)cc1. The molecule has 3 aromatic rings. The molecule has 0 saturated carbocycles. The lowest BCUT2D eigenvalue weighted by atomic mass is 10.2. The Kier molecular flexibility index (Phi) is 9.57. The topological polar surface area (TPSA) is 133 Å². The third kappa shape index (κ3) is 7.50. The van der Waals surface area contributed by atoms with Crippen LogP contribution >= 0.6 is 12.6 Å². The van der Waals surface area contributed by atoms with E-state index in [1.54, 1.807) is 61.9 Å². The molecule has 1 saturated heterocycles. The van der Waals surface area contributed by atoms with Gasteiger partial charge in [0.15, 0.2) is 0 Å². The molecule has 0 aromatic heterocycles. The number of ether oxygens (including phenoxy) is 3. The molecule has 0 unspecified atom stereocenters. The van der Waals surface area contributed by atoms with E-state index in [1.807, 2.05) is 12.1 Å². The van der Waals surface area contributed by atoms with Crippen molar-refractivity contribution in [1.29, 1.82) is 0 Å². The van der Waals surface area contributed by atoms with Crippen molar-refractivity contribution >= 4 is 42.3 Å². The summed E-state index contributed by atoms with van der Waals surface area (Å²) in [5.41, 5.74) is 5.04. The molecule has 208 valence electrons. The summed E-state index contributed by atoms with van der Waals surface area (Å²) in [5.74, 6) is 0.201. The van der Waals surface area contributed by atoms with Crippen LogP contribution in [0.25, 0.3) is 0 Å². The summed E-state index contributed by atoms with van der Waals surface area (Å²) in [4.78, 5) is 37.4. The predicted octanol–water partition coefficient (Wildman–Crippen LogP) is 5.07. The molecule has 0 aliphatic carbocycles. The lowest BCUT2D eigenvalue weighted by Gasteiger charge is -2.21. The average molecular weight is 565 g/mol. The summed E-state index contributed by atoms with van der Waals surface area (Å²) in [6, 6.07) is 19.5.